The van der Waals surface area contributed by atoms with E-state index in [4.69, 9.17) is 0 Å². The molecule has 0 amide bonds. The molecule has 1 aromatic heterocycles. The SMILES string of the molecule is CCC(CNC(C)C)N1CCc2sccc2C1C. The molecule has 1 aliphatic heterocycles. The molecule has 0 fully saturated rings. The van der Waals surface area contributed by atoms with Crippen molar-refractivity contribution in [2.24, 2.45) is 0 Å². The highest BCUT2D eigenvalue weighted by molar-refractivity contribution is 7.10. The van der Waals surface area contributed by atoms with Gasteiger partial charge in [-0.2, -0.15) is 0 Å². The molecule has 0 spiro atoms. The molecular formula is C15H26N2S. The van der Waals surface area contributed by atoms with E-state index in [1.807, 2.05) is 11.3 Å². The first kappa shape index (κ1) is 14.0. The van der Waals surface area contributed by atoms with Crippen molar-refractivity contribution >= 4 is 11.3 Å². The Morgan fingerprint density at radius 3 is 2.94 bits per heavy atom. The zero-order valence-corrected chi connectivity index (χ0v) is 12.9. The van der Waals surface area contributed by atoms with Crippen molar-refractivity contribution in [3.8, 4) is 0 Å². The molecule has 2 unspecified atom stereocenters. The van der Waals surface area contributed by atoms with Gasteiger partial charge in [0.1, 0.15) is 0 Å². The second-order valence-corrected chi connectivity index (χ2v) is 6.59. The third-order valence-electron chi connectivity index (χ3n) is 4.03. The summed E-state index contributed by atoms with van der Waals surface area (Å²) in [6, 6.07) is 4.14. The van der Waals surface area contributed by atoms with Gasteiger partial charge in [0.05, 0.1) is 0 Å². The van der Waals surface area contributed by atoms with Crippen molar-refractivity contribution < 1.29 is 0 Å². The lowest BCUT2D eigenvalue weighted by Crippen LogP contribution is -2.47. The number of fused-ring (bicyclic) bond motifs is 1. The van der Waals surface area contributed by atoms with Gasteiger partial charge in [-0.05, 0) is 36.8 Å². The van der Waals surface area contributed by atoms with Crippen molar-refractivity contribution in [3.63, 3.8) is 0 Å². The number of nitrogens with one attached hydrogen (secondary N) is 1. The Kier molecular flexibility index (Phi) is 4.82. The van der Waals surface area contributed by atoms with Gasteiger partial charge < -0.3 is 5.32 Å². The van der Waals surface area contributed by atoms with Crippen molar-refractivity contribution in [3.05, 3.63) is 21.9 Å². The summed E-state index contributed by atoms with van der Waals surface area (Å²) in [5.41, 5.74) is 1.56. The Bertz CT molecular complexity index is 372. The molecule has 0 saturated heterocycles. The zero-order valence-electron chi connectivity index (χ0n) is 12.1. The van der Waals surface area contributed by atoms with E-state index >= 15 is 0 Å². The summed E-state index contributed by atoms with van der Waals surface area (Å²) in [6.07, 6.45) is 2.46. The Balaban J connectivity index is 2.04. The molecular weight excluding hydrogens is 240 g/mol. The van der Waals surface area contributed by atoms with Crippen molar-refractivity contribution in [2.45, 2.75) is 58.7 Å². The average molecular weight is 266 g/mol. The van der Waals surface area contributed by atoms with E-state index in [-0.39, 0.29) is 0 Å². The topological polar surface area (TPSA) is 15.3 Å². The number of thiophene rings is 1. The lowest BCUT2D eigenvalue weighted by atomic mass is 9.98. The summed E-state index contributed by atoms with van der Waals surface area (Å²) < 4.78 is 0. The normalized spacial score (nSPS) is 22.2. The highest BCUT2D eigenvalue weighted by Gasteiger charge is 2.29. The molecule has 0 radical (unpaired) electrons. The Labute approximate surface area is 115 Å². The molecule has 2 rings (SSSR count). The fourth-order valence-electron chi connectivity index (χ4n) is 2.90. The molecule has 1 aliphatic rings. The van der Waals surface area contributed by atoms with E-state index < -0.39 is 0 Å². The molecule has 0 aromatic carbocycles. The first-order valence-electron chi connectivity index (χ1n) is 7.18. The summed E-state index contributed by atoms with van der Waals surface area (Å²) in [5.74, 6) is 0. The van der Waals surface area contributed by atoms with E-state index in [0.717, 1.165) is 6.54 Å². The van der Waals surface area contributed by atoms with Gasteiger partial charge in [0.25, 0.3) is 0 Å². The minimum Gasteiger partial charge on any atom is -0.313 e. The van der Waals surface area contributed by atoms with Crippen LogP contribution in [0.15, 0.2) is 11.4 Å². The van der Waals surface area contributed by atoms with Crippen LogP contribution in [-0.2, 0) is 6.42 Å². The Hall–Kier alpha value is -0.380. The van der Waals surface area contributed by atoms with Gasteiger partial charge >= 0.3 is 0 Å². The fraction of sp³-hybridized carbons (Fsp3) is 0.733. The molecule has 1 aromatic rings. The van der Waals surface area contributed by atoms with E-state index in [1.165, 1.54) is 19.4 Å². The first-order valence-corrected chi connectivity index (χ1v) is 8.06. The van der Waals surface area contributed by atoms with Gasteiger partial charge in [-0.25, -0.2) is 0 Å². The van der Waals surface area contributed by atoms with Crippen LogP contribution >= 0.6 is 11.3 Å². The van der Waals surface area contributed by atoms with Gasteiger partial charge in [0.2, 0.25) is 0 Å². The summed E-state index contributed by atoms with van der Waals surface area (Å²) in [5, 5.41) is 5.84. The van der Waals surface area contributed by atoms with Gasteiger partial charge in [-0.1, -0.05) is 20.8 Å². The largest absolute Gasteiger partial charge is 0.313 e. The maximum Gasteiger partial charge on any atom is 0.0334 e. The number of rotatable bonds is 5. The molecule has 0 aliphatic carbocycles. The minimum atomic E-state index is 0.579. The third-order valence-corrected chi connectivity index (χ3v) is 5.02. The minimum absolute atomic E-state index is 0.579. The van der Waals surface area contributed by atoms with Gasteiger partial charge in [0.15, 0.2) is 0 Å². The monoisotopic (exact) mass is 266 g/mol. The van der Waals surface area contributed by atoms with Crippen molar-refractivity contribution in [1.29, 1.82) is 0 Å². The Morgan fingerprint density at radius 2 is 2.28 bits per heavy atom. The lowest BCUT2D eigenvalue weighted by Gasteiger charge is -2.39. The number of hydrogen-bond donors (Lipinski definition) is 1. The smallest absolute Gasteiger partial charge is 0.0334 e. The van der Waals surface area contributed by atoms with Crippen LogP contribution in [0.5, 0.6) is 0 Å². The fourth-order valence-corrected chi connectivity index (χ4v) is 3.86. The summed E-state index contributed by atoms with van der Waals surface area (Å²) in [7, 11) is 0. The average Bonchev–Trinajstić information content (AvgIpc) is 2.81. The molecule has 18 heavy (non-hydrogen) atoms. The predicted octanol–water partition coefficient (Wildman–Crippen LogP) is 3.44. The first-order chi connectivity index (χ1) is 8.63. The molecule has 2 heterocycles. The van der Waals surface area contributed by atoms with E-state index in [0.29, 0.717) is 18.1 Å². The number of nitrogens with zero attached hydrogens (tertiary/aromatic N) is 1. The lowest BCUT2D eigenvalue weighted by molar-refractivity contribution is 0.127. The van der Waals surface area contributed by atoms with Crippen LogP contribution < -0.4 is 5.32 Å². The van der Waals surface area contributed by atoms with Crippen molar-refractivity contribution in [2.75, 3.05) is 13.1 Å². The molecule has 1 N–H and O–H groups in total. The molecule has 102 valence electrons. The van der Waals surface area contributed by atoms with E-state index in [2.05, 4.69) is 49.4 Å². The standard InChI is InChI=1S/C15H26N2S/c1-5-13(10-16-11(2)3)17-8-6-15-14(12(17)4)7-9-18-15/h7,9,11-13,16H,5-6,8,10H2,1-4H3. The maximum atomic E-state index is 3.59. The molecule has 2 nitrogen and oxygen atoms in total. The van der Waals surface area contributed by atoms with Crippen LogP contribution in [0.1, 0.15) is 50.6 Å². The summed E-state index contributed by atoms with van der Waals surface area (Å²) in [6.45, 7) is 11.4. The van der Waals surface area contributed by atoms with Gasteiger partial charge in [-0.3, -0.25) is 4.90 Å². The summed E-state index contributed by atoms with van der Waals surface area (Å²) >= 11 is 1.93. The maximum absolute atomic E-state index is 3.59. The van der Waals surface area contributed by atoms with Crippen molar-refractivity contribution in [1.82, 2.24) is 10.2 Å². The zero-order chi connectivity index (χ0) is 13.1. The van der Waals surface area contributed by atoms with Crippen LogP contribution in [0.2, 0.25) is 0 Å². The predicted molar refractivity (Wildman–Crippen MR) is 80.4 cm³/mol. The van der Waals surface area contributed by atoms with Gasteiger partial charge in [-0.15, -0.1) is 11.3 Å². The van der Waals surface area contributed by atoms with Crippen LogP contribution in [0.3, 0.4) is 0 Å². The quantitative estimate of drug-likeness (QED) is 0.878. The third kappa shape index (κ3) is 2.95. The Morgan fingerprint density at radius 1 is 1.50 bits per heavy atom. The van der Waals surface area contributed by atoms with E-state index in [9.17, 15) is 0 Å². The molecule has 2 atom stereocenters. The van der Waals surface area contributed by atoms with Crippen LogP contribution in [0.25, 0.3) is 0 Å². The van der Waals surface area contributed by atoms with Crippen LogP contribution in [0.4, 0.5) is 0 Å². The molecule has 0 saturated carbocycles. The van der Waals surface area contributed by atoms with Crippen LogP contribution in [-0.4, -0.2) is 30.1 Å². The van der Waals surface area contributed by atoms with Gasteiger partial charge in [0, 0.05) is 36.1 Å². The van der Waals surface area contributed by atoms with Crippen LogP contribution in [0, 0.1) is 0 Å². The molecule has 3 heteroatoms. The second kappa shape index (κ2) is 6.18. The summed E-state index contributed by atoms with van der Waals surface area (Å²) in [4.78, 5) is 4.29. The molecule has 0 bridgehead atoms. The second-order valence-electron chi connectivity index (χ2n) is 5.59. The van der Waals surface area contributed by atoms with E-state index in [1.54, 1.807) is 10.4 Å². The highest BCUT2D eigenvalue weighted by atomic mass is 32.1. The highest BCUT2D eigenvalue weighted by Crippen LogP contribution is 2.34. The number of hydrogen-bond acceptors (Lipinski definition) is 3.